The van der Waals surface area contributed by atoms with Gasteiger partial charge in [0.15, 0.2) is 0 Å². The standard InChI is InChI=1S/C36H36Cl2FN3O4S/c1-25-11-19-32(20-12-25)47(45,46)42(31-17-15-29(39)16-18-31)24-35(43)41(23-27-13-14-28(37)22-33(27)38)34(21-26-7-3-2-4-8-26)36(44)40-30-9-5-6-10-30/h2-4,7-8,11-20,22,30,34H,5-6,9-10,21,23-24H2,1H3,(H,40,44). The maximum atomic E-state index is 14.6. The molecule has 0 bridgehead atoms. The minimum Gasteiger partial charge on any atom is -0.352 e. The quantitative estimate of drug-likeness (QED) is 0.168. The molecule has 1 N–H and O–H groups in total. The molecule has 0 aliphatic heterocycles. The van der Waals surface area contributed by atoms with Crippen molar-refractivity contribution in [2.75, 3.05) is 10.8 Å². The summed E-state index contributed by atoms with van der Waals surface area (Å²) in [5.41, 5.74) is 2.31. The van der Waals surface area contributed by atoms with E-state index in [-0.39, 0.29) is 35.5 Å². The van der Waals surface area contributed by atoms with Crippen molar-refractivity contribution < 1.29 is 22.4 Å². The topological polar surface area (TPSA) is 86.8 Å². The van der Waals surface area contributed by atoms with Gasteiger partial charge < -0.3 is 10.2 Å². The van der Waals surface area contributed by atoms with E-state index in [9.17, 15) is 22.4 Å². The van der Waals surface area contributed by atoms with Crippen molar-refractivity contribution in [1.29, 1.82) is 0 Å². The molecule has 1 aliphatic carbocycles. The van der Waals surface area contributed by atoms with E-state index < -0.39 is 34.3 Å². The fraction of sp³-hybridized carbons (Fsp3) is 0.278. The van der Waals surface area contributed by atoms with Crippen LogP contribution in [0.1, 0.15) is 42.4 Å². The number of carbonyl (C=O) groups is 2. The first-order chi connectivity index (χ1) is 22.5. The number of nitrogens with zero attached hydrogens (tertiary/aromatic N) is 2. The lowest BCUT2D eigenvalue weighted by Crippen LogP contribution is -2.54. The molecule has 0 aromatic heterocycles. The Morgan fingerprint density at radius 1 is 0.915 bits per heavy atom. The second-order valence-electron chi connectivity index (χ2n) is 11.8. The zero-order chi connectivity index (χ0) is 33.6. The summed E-state index contributed by atoms with van der Waals surface area (Å²) in [5, 5.41) is 3.84. The second kappa shape index (κ2) is 15.3. The summed E-state index contributed by atoms with van der Waals surface area (Å²) in [7, 11) is -4.30. The Bertz CT molecular complexity index is 1800. The van der Waals surface area contributed by atoms with E-state index >= 15 is 0 Å². The van der Waals surface area contributed by atoms with Crippen molar-refractivity contribution in [3.05, 3.63) is 130 Å². The number of benzene rings is 4. The Morgan fingerprint density at radius 3 is 2.21 bits per heavy atom. The predicted molar refractivity (Wildman–Crippen MR) is 183 cm³/mol. The molecule has 2 amide bonds. The molecule has 4 aromatic carbocycles. The molecule has 1 aliphatic rings. The lowest BCUT2D eigenvalue weighted by molar-refractivity contribution is -0.140. The smallest absolute Gasteiger partial charge is 0.264 e. The van der Waals surface area contributed by atoms with Crippen LogP contribution >= 0.6 is 23.2 Å². The Morgan fingerprint density at radius 2 is 1.57 bits per heavy atom. The van der Waals surface area contributed by atoms with Gasteiger partial charge in [0, 0.05) is 29.1 Å². The number of halogens is 3. The zero-order valence-electron chi connectivity index (χ0n) is 25.9. The van der Waals surface area contributed by atoms with Crippen LogP contribution in [0, 0.1) is 12.7 Å². The normalized spacial score (nSPS) is 14.0. The van der Waals surface area contributed by atoms with Crippen molar-refractivity contribution >= 4 is 50.7 Å². The molecular weight excluding hydrogens is 660 g/mol. The van der Waals surface area contributed by atoms with Crippen LogP contribution in [0.5, 0.6) is 0 Å². The molecule has 0 saturated heterocycles. The van der Waals surface area contributed by atoms with Gasteiger partial charge >= 0.3 is 0 Å². The third-order valence-corrected chi connectivity index (χ3v) is 10.7. The summed E-state index contributed by atoms with van der Waals surface area (Å²) >= 11 is 12.7. The highest BCUT2D eigenvalue weighted by molar-refractivity contribution is 7.92. The van der Waals surface area contributed by atoms with Crippen LogP contribution in [0.2, 0.25) is 10.0 Å². The number of aryl methyl sites for hydroxylation is 1. The number of nitrogens with one attached hydrogen (secondary N) is 1. The highest BCUT2D eigenvalue weighted by atomic mass is 35.5. The predicted octanol–water partition coefficient (Wildman–Crippen LogP) is 7.34. The van der Waals surface area contributed by atoms with E-state index in [1.807, 2.05) is 37.3 Å². The highest BCUT2D eigenvalue weighted by Crippen LogP contribution is 2.28. The van der Waals surface area contributed by atoms with Crippen molar-refractivity contribution in [3.8, 4) is 0 Å². The molecule has 4 aromatic rings. The molecule has 1 fully saturated rings. The number of carbonyl (C=O) groups excluding carboxylic acids is 2. The van der Waals surface area contributed by atoms with Gasteiger partial charge in [-0.15, -0.1) is 0 Å². The molecule has 5 rings (SSSR count). The van der Waals surface area contributed by atoms with Crippen molar-refractivity contribution in [2.24, 2.45) is 0 Å². The van der Waals surface area contributed by atoms with Gasteiger partial charge in [0.1, 0.15) is 18.4 Å². The fourth-order valence-electron chi connectivity index (χ4n) is 5.73. The molecule has 246 valence electrons. The van der Waals surface area contributed by atoms with Crippen LogP contribution in [-0.2, 0) is 32.6 Å². The van der Waals surface area contributed by atoms with Crippen molar-refractivity contribution in [3.63, 3.8) is 0 Å². The van der Waals surface area contributed by atoms with E-state index in [1.165, 1.54) is 29.2 Å². The first-order valence-corrected chi connectivity index (χ1v) is 17.6. The summed E-state index contributed by atoms with van der Waals surface area (Å²) in [5.74, 6) is -1.54. The van der Waals surface area contributed by atoms with E-state index in [4.69, 9.17) is 23.2 Å². The summed E-state index contributed by atoms with van der Waals surface area (Å²) in [4.78, 5) is 30.0. The molecule has 1 unspecified atom stereocenters. The Labute approximate surface area is 285 Å². The highest BCUT2D eigenvalue weighted by Gasteiger charge is 2.36. The number of amides is 2. The van der Waals surface area contributed by atoms with Crippen LogP contribution in [0.15, 0.2) is 102 Å². The lowest BCUT2D eigenvalue weighted by Gasteiger charge is -2.34. The Kier molecular flexibility index (Phi) is 11.2. The van der Waals surface area contributed by atoms with Gasteiger partial charge in [-0.2, -0.15) is 0 Å². The molecule has 0 radical (unpaired) electrons. The largest absolute Gasteiger partial charge is 0.352 e. The van der Waals surface area contributed by atoms with Crippen LogP contribution in [-0.4, -0.2) is 43.8 Å². The van der Waals surface area contributed by atoms with Crippen molar-refractivity contribution in [1.82, 2.24) is 10.2 Å². The Balaban J connectivity index is 1.58. The number of sulfonamides is 1. The fourth-order valence-corrected chi connectivity index (χ4v) is 7.61. The third kappa shape index (κ3) is 8.71. The van der Waals surface area contributed by atoms with Crippen LogP contribution in [0.4, 0.5) is 10.1 Å². The molecule has 0 spiro atoms. The zero-order valence-corrected chi connectivity index (χ0v) is 28.2. The van der Waals surface area contributed by atoms with E-state index in [2.05, 4.69) is 5.32 Å². The molecule has 1 saturated carbocycles. The summed E-state index contributed by atoms with van der Waals surface area (Å²) < 4.78 is 43.1. The number of hydrogen-bond acceptors (Lipinski definition) is 4. The SMILES string of the molecule is Cc1ccc(S(=O)(=O)N(CC(=O)N(Cc2ccc(Cl)cc2Cl)C(Cc2ccccc2)C(=O)NC2CCCC2)c2ccc(F)cc2)cc1. The average molecular weight is 697 g/mol. The van der Waals surface area contributed by atoms with Gasteiger partial charge in [-0.3, -0.25) is 13.9 Å². The molecule has 7 nitrogen and oxygen atoms in total. The number of hydrogen-bond donors (Lipinski definition) is 1. The number of rotatable bonds is 12. The van der Waals surface area contributed by atoms with Gasteiger partial charge in [0.05, 0.1) is 10.6 Å². The second-order valence-corrected chi connectivity index (χ2v) is 14.5. The first kappa shape index (κ1) is 34.4. The molecule has 0 heterocycles. The first-order valence-electron chi connectivity index (χ1n) is 15.4. The van der Waals surface area contributed by atoms with E-state index in [0.29, 0.717) is 15.6 Å². The Hall–Kier alpha value is -3.92. The van der Waals surface area contributed by atoms with Gasteiger partial charge in [0.2, 0.25) is 11.8 Å². The monoisotopic (exact) mass is 695 g/mol. The maximum absolute atomic E-state index is 14.6. The third-order valence-electron chi connectivity index (χ3n) is 8.33. The van der Waals surface area contributed by atoms with E-state index in [1.54, 1.807) is 30.3 Å². The molecule has 47 heavy (non-hydrogen) atoms. The van der Waals surface area contributed by atoms with Gasteiger partial charge in [-0.05, 0) is 79.4 Å². The van der Waals surface area contributed by atoms with Crippen LogP contribution in [0.25, 0.3) is 0 Å². The molecule has 11 heteroatoms. The minimum absolute atomic E-state index is 0.0190. The molecule has 1 atom stereocenters. The van der Waals surface area contributed by atoms with Crippen LogP contribution < -0.4 is 9.62 Å². The molecular formula is C36H36Cl2FN3O4S. The van der Waals surface area contributed by atoms with Gasteiger partial charge in [-0.1, -0.05) is 90.1 Å². The van der Waals surface area contributed by atoms with Crippen molar-refractivity contribution in [2.45, 2.75) is 62.6 Å². The number of anilines is 1. The summed E-state index contributed by atoms with van der Waals surface area (Å²) in [6.07, 6.45) is 3.86. The van der Waals surface area contributed by atoms with Crippen LogP contribution in [0.3, 0.4) is 0 Å². The van der Waals surface area contributed by atoms with Gasteiger partial charge in [-0.25, -0.2) is 12.8 Å². The minimum atomic E-state index is -4.30. The summed E-state index contributed by atoms with van der Waals surface area (Å²) in [6.45, 7) is 1.09. The maximum Gasteiger partial charge on any atom is 0.264 e. The average Bonchev–Trinajstić information content (AvgIpc) is 3.56. The summed E-state index contributed by atoms with van der Waals surface area (Å²) in [6, 6.07) is 24.3. The van der Waals surface area contributed by atoms with E-state index in [0.717, 1.165) is 53.2 Å². The lowest BCUT2D eigenvalue weighted by atomic mass is 10.0. The van der Waals surface area contributed by atoms with Gasteiger partial charge in [0.25, 0.3) is 10.0 Å².